The summed E-state index contributed by atoms with van der Waals surface area (Å²) in [5.41, 5.74) is 3.98. The van der Waals surface area contributed by atoms with Crippen LogP contribution in [0.5, 0.6) is 0 Å². The van der Waals surface area contributed by atoms with Crippen molar-refractivity contribution in [1.29, 1.82) is 0 Å². The van der Waals surface area contributed by atoms with Gasteiger partial charge in [0.25, 0.3) is 0 Å². The average Bonchev–Trinajstić information content (AvgIpc) is 2.59. The van der Waals surface area contributed by atoms with E-state index in [0.717, 1.165) is 17.9 Å². The van der Waals surface area contributed by atoms with Crippen LogP contribution >= 0.6 is 11.8 Å². The minimum Gasteiger partial charge on any atom is -0.385 e. The van der Waals surface area contributed by atoms with Crippen molar-refractivity contribution >= 4 is 17.7 Å². The Hall–Kier alpha value is -1.25. The van der Waals surface area contributed by atoms with Gasteiger partial charge in [0.2, 0.25) is 5.91 Å². The molecule has 2 rings (SSSR count). The number of carbonyl (C=O) groups is 1. The van der Waals surface area contributed by atoms with Gasteiger partial charge in [0.1, 0.15) is 0 Å². The van der Waals surface area contributed by atoms with Crippen LogP contribution in [0.2, 0.25) is 0 Å². The smallest absolute Gasteiger partial charge is 0.385 e. The molecule has 1 aliphatic rings. The first-order valence-corrected chi connectivity index (χ1v) is 9.50. The zero-order chi connectivity index (χ0) is 18.7. The lowest BCUT2D eigenvalue weighted by Crippen LogP contribution is -2.50. The Morgan fingerprint density at radius 1 is 1.40 bits per heavy atom. The van der Waals surface area contributed by atoms with Crippen LogP contribution in [0, 0.1) is 0 Å². The minimum atomic E-state index is -4.45. The van der Waals surface area contributed by atoms with Gasteiger partial charge in [-0.3, -0.25) is 4.79 Å². The number of piperidine rings is 1. The van der Waals surface area contributed by atoms with Crippen LogP contribution in [0.3, 0.4) is 0 Å². The van der Waals surface area contributed by atoms with E-state index < -0.39 is 23.4 Å². The molecule has 1 aromatic rings. The normalized spacial score (nSPS) is 18.9. The van der Waals surface area contributed by atoms with Crippen molar-refractivity contribution in [2.24, 2.45) is 5.73 Å². The number of nitrogens with two attached hydrogens (primary N) is 1. The second-order valence-corrected chi connectivity index (χ2v) is 7.31. The molecule has 25 heavy (non-hydrogen) atoms. The molecule has 1 saturated heterocycles. The minimum absolute atomic E-state index is 0.167. The highest BCUT2D eigenvalue weighted by Gasteiger charge is 2.38. The standard InChI is InChI=1S/C17H23F3N2O2S/c1-25-10-5-14(21)15(23)22-8-6-16(24,7-9-22)12-3-2-4-13(11-12)17(18,19)20/h2-4,11,14,24H,5-10,21H2,1H3/t14-/m0/s1. The molecule has 1 amide bonds. The number of thioether (sulfide) groups is 1. The number of alkyl halides is 3. The maximum absolute atomic E-state index is 12.9. The molecule has 0 spiro atoms. The Balaban J connectivity index is 2.04. The van der Waals surface area contributed by atoms with E-state index in [-0.39, 0.29) is 37.4 Å². The molecule has 3 N–H and O–H groups in total. The fourth-order valence-electron chi connectivity index (χ4n) is 2.97. The van der Waals surface area contributed by atoms with Gasteiger partial charge < -0.3 is 15.7 Å². The van der Waals surface area contributed by atoms with E-state index in [2.05, 4.69) is 0 Å². The first-order chi connectivity index (χ1) is 11.7. The Morgan fingerprint density at radius 2 is 2.04 bits per heavy atom. The van der Waals surface area contributed by atoms with Crippen molar-refractivity contribution in [3.05, 3.63) is 35.4 Å². The first-order valence-electron chi connectivity index (χ1n) is 8.11. The number of aliphatic hydroxyl groups is 1. The summed E-state index contributed by atoms with van der Waals surface area (Å²) < 4.78 is 38.6. The van der Waals surface area contributed by atoms with Crippen LogP contribution in [0.4, 0.5) is 13.2 Å². The van der Waals surface area contributed by atoms with Gasteiger partial charge in [-0.2, -0.15) is 24.9 Å². The van der Waals surface area contributed by atoms with E-state index in [1.54, 1.807) is 16.7 Å². The van der Waals surface area contributed by atoms with E-state index >= 15 is 0 Å². The number of benzene rings is 1. The SMILES string of the molecule is CSCC[C@H](N)C(=O)N1CCC(O)(c2cccc(C(F)(F)F)c2)CC1. The summed E-state index contributed by atoms with van der Waals surface area (Å²) in [6.45, 7) is 0.553. The Labute approximate surface area is 149 Å². The highest BCUT2D eigenvalue weighted by molar-refractivity contribution is 7.98. The fourth-order valence-corrected chi connectivity index (χ4v) is 3.46. The van der Waals surface area contributed by atoms with Crippen LogP contribution in [0.1, 0.15) is 30.4 Å². The molecule has 0 aromatic heterocycles. The molecule has 0 unspecified atom stereocenters. The summed E-state index contributed by atoms with van der Waals surface area (Å²) in [7, 11) is 0. The van der Waals surface area contributed by atoms with Crippen LogP contribution < -0.4 is 5.73 Å². The summed E-state index contributed by atoms with van der Waals surface area (Å²) in [6.07, 6.45) is -1.56. The second kappa shape index (κ2) is 7.97. The van der Waals surface area contributed by atoms with Crippen LogP contribution in [0.25, 0.3) is 0 Å². The third-order valence-corrected chi connectivity index (χ3v) is 5.22. The third-order valence-electron chi connectivity index (χ3n) is 4.58. The summed E-state index contributed by atoms with van der Waals surface area (Å²) >= 11 is 1.61. The number of nitrogens with zero attached hydrogens (tertiary/aromatic N) is 1. The summed E-state index contributed by atoms with van der Waals surface area (Å²) in [6, 6.07) is 4.19. The van der Waals surface area contributed by atoms with E-state index in [9.17, 15) is 23.1 Å². The van der Waals surface area contributed by atoms with E-state index in [4.69, 9.17) is 5.73 Å². The molecule has 4 nitrogen and oxygen atoms in total. The zero-order valence-corrected chi connectivity index (χ0v) is 14.9. The third kappa shape index (κ3) is 4.89. The Bertz CT molecular complexity index is 602. The molecule has 0 saturated carbocycles. The molecule has 1 aliphatic heterocycles. The largest absolute Gasteiger partial charge is 0.416 e. The number of likely N-dealkylation sites (tertiary alicyclic amines) is 1. The van der Waals surface area contributed by atoms with Gasteiger partial charge in [-0.15, -0.1) is 0 Å². The van der Waals surface area contributed by atoms with Gasteiger partial charge in [0.15, 0.2) is 0 Å². The molecule has 1 fully saturated rings. The zero-order valence-electron chi connectivity index (χ0n) is 14.1. The maximum atomic E-state index is 12.9. The molecule has 1 heterocycles. The molecule has 8 heteroatoms. The Morgan fingerprint density at radius 3 is 2.60 bits per heavy atom. The van der Waals surface area contributed by atoms with Gasteiger partial charge in [-0.25, -0.2) is 0 Å². The lowest BCUT2D eigenvalue weighted by molar-refractivity contribution is -0.138. The van der Waals surface area contributed by atoms with Gasteiger partial charge in [0.05, 0.1) is 17.2 Å². The predicted octanol–water partition coefficient (Wildman–Crippen LogP) is 2.60. The predicted molar refractivity (Wildman–Crippen MR) is 92.1 cm³/mol. The molecule has 1 atom stereocenters. The van der Waals surface area contributed by atoms with Crippen molar-refractivity contribution in [2.75, 3.05) is 25.1 Å². The molecule has 0 radical (unpaired) electrons. The highest BCUT2D eigenvalue weighted by Crippen LogP contribution is 2.36. The highest BCUT2D eigenvalue weighted by atomic mass is 32.2. The van der Waals surface area contributed by atoms with Crippen molar-refractivity contribution < 1.29 is 23.1 Å². The topological polar surface area (TPSA) is 66.6 Å². The quantitative estimate of drug-likeness (QED) is 0.829. The number of amides is 1. The van der Waals surface area contributed by atoms with E-state index in [1.807, 2.05) is 6.26 Å². The average molecular weight is 376 g/mol. The Kier molecular flexibility index (Phi) is 6.40. The second-order valence-electron chi connectivity index (χ2n) is 6.32. The molecule has 140 valence electrons. The van der Waals surface area contributed by atoms with Gasteiger partial charge >= 0.3 is 6.18 Å². The van der Waals surface area contributed by atoms with E-state index in [1.165, 1.54) is 12.1 Å². The fraction of sp³-hybridized carbons (Fsp3) is 0.588. The number of hydrogen-bond donors (Lipinski definition) is 2. The van der Waals surface area contributed by atoms with Crippen molar-refractivity contribution in [3.8, 4) is 0 Å². The van der Waals surface area contributed by atoms with Gasteiger partial charge in [0, 0.05) is 13.1 Å². The molecule has 0 aliphatic carbocycles. The van der Waals surface area contributed by atoms with E-state index in [0.29, 0.717) is 6.42 Å². The monoisotopic (exact) mass is 376 g/mol. The van der Waals surface area contributed by atoms with Crippen molar-refractivity contribution in [2.45, 2.75) is 37.1 Å². The first kappa shape index (κ1) is 20.1. The lowest BCUT2D eigenvalue weighted by Gasteiger charge is -2.39. The summed E-state index contributed by atoms with van der Waals surface area (Å²) in [5, 5.41) is 10.8. The van der Waals surface area contributed by atoms with Gasteiger partial charge in [-0.1, -0.05) is 12.1 Å². The lowest BCUT2D eigenvalue weighted by atomic mass is 9.83. The number of rotatable bonds is 5. The van der Waals surface area contributed by atoms with Crippen LogP contribution in [-0.2, 0) is 16.6 Å². The molecular weight excluding hydrogens is 353 g/mol. The van der Waals surface area contributed by atoms with Gasteiger partial charge in [-0.05, 0) is 49.0 Å². The summed E-state index contributed by atoms with van der Waals surface area (Å²) in [4.78, 5) is 13.9. The molecule has 1 aromatic carbocycles. The molecule has 0 bridgehead atoms. The van der Waals surface area contributed by atoms with Crippen LogP contribution in [0.15, 0.2) is 24.3 Å². The number of hydrogen-bond acceptors (Lipinski definition) is 4. The maximum Gasteiger partial charge on any atom is 0.416 e. The van der Waals surface area contributed by atoms with Crippen molar-refractivity contribution in [3.63, 3.8) is 0 Å². The summed E-state index contributed by atoms with van der Waals surface area (Å²) in [5.74, 6) is 0.620. The number of carbonyl (C=O) groups excluding carboxylic acids is 1. The number of halogens is 3. The van der Waals surface area contributed by atoms with Crippen LogP contribution in [-0.4, -0.2) is 47.1 Å². The molecular formula is C17H23F3N2O2S. The van der Waals surface area contributed by atoms with Crippen molar-refractivity contribution in [1.82, 2.24) is 4.90 Å².